The van der Waals surface area contributed by atoms with Gasteiger partial charge in [0, 0.05) is 50.4 Å². The average Bonchev–Trinajstić information content (AvgIpc) is 3.14. The van der Waals surface area contributed by atoms with E-state index >= 15 is 0 Å². The van der Waals surface area contributed by atoms with Crippen molar-refractivity contribution >= 4 is 58.4 Å². The van der Waals surface area contributed by atoms with Crippen LogP contribution in [0.4, 0.5) is 5.69 Å². The second kappa shape index (κ2) is 13.0. The molecule has 34 heavy (non-hydrogen) atoms. The maximum atomic E-state index is 12.1. The predicted octanol–water partition coefficient (Wildman–Crippen LogP) is 2.11. The second-order valence-electron chi connectivity index (χ2n) is 7.91. The van der Waals surface area contributed by atoms with Crippen LogP contribution in [0.2, 0.25) is 0 Å². The van der Waals surface area contributed by atoms with Crippen molar-refractivity contribution in [3.63, 3.8) is 0 Å². The normalized spacial score (nSPS) is 11.1. The Kier molecular flexibility index (Phi) is 10.0. The maximum absolute atomic E-state index is 12.1. The number of hydroxylamine groups is 1. The fourth-order valence-corrected chi connectivity index (χ4v) is 4.08. The number of carbonyl (C=O) groups excluding carboxylic acids is 1. The van der Waals surface area contributed by atoms with E-state index in [-0.39, 0.29) is 12.5 Å². The highest BCUT2D eigenvalue weighted by molar-refractivity contribution is 6.58. The summed E-state index contributed by atoms with van der Waals surface area (Å²) in [6, 6.07) is 12.8. The summed E-state index contributed by atoms with van der Waals surface area (Å²) in [5.41, 5.74) is 6.62. The summed E-state index contributed by atoms with van der Waals surface area (Å²) >= 11 is 11.9. The summed E-state index contributed by atoms with van der Waals surface area (Å²) < 4.78 is 2.05. The van der Waals surface area contributed by atoms with E-state index in [0.717, 1.165) is 28.1 Å². The van der Waals surface area contributed by atoms with E-state index in [1.54, 1.807) is 24.3 Å². The minimum Gasteiger partial charge on any atom is -0.423 e. The van der Waals surface area contributed by atoms with Crippen molar-refractivity contribution in [3.05, 3.63) is 53.9 Å². The number of rotatable bonds is 13. The average molecular weight is 507 g/mol. The molecule has 0 fully saturated rings. The Labute approximate surface area is 209 Å². The third-order valence-corrected chi connectivity index (χ3v) is 5.88. The van der Waals surface area contributed by atoms with E-state index in [1.807, 2.05) is 23.7 Å². The molecule has 0 unspecified atom stereocenters. The van der Waals surface area contributed by atoms with Gasteiger partial charge in [-0.2, -0.15) is 0 Å². The highest BCUT2D eigenvalue weighted by Crippen LogP contribution is 2.23. The molecule has 0 aliphatic carbocycles. The quantitative estimate of drug-likeness (QED) is 0.186. The molecule has 0 aliphatic rings. The number of carbonyl (C=O) groups is 1. The van der Waals surface area contributed by atoms with E-state index < -0.39 is 7.12 Å². The largest absolute Gasteiger partial charge is 0.488 e. The van der Waals surface area contributed by atoms with Crippen LogP contribution in [0.5, 0.6) is 0 Å². The molecule has 0 spiro atoms. The highest BCUT2D eigenvalue weighted by Gasteiger charge is 2.13. The zero-order valence-electron chi connectivity index (χ0n) is 19.1. The third kappa shape index (κ3) is 7.10. The number of aromatic nitrogens is 2. The van der Waals surface area contributed by atoms with Crippen LogP contribution in [0.3, 0.4) is 0 Å². The molecule has 1 aromatic heterocycles. The molecule has 11 heteroatoms. The summed E-state index contributed by atoms with van der Waals surface area (Å²) in [4.78, 5) is 24.3. The molecule has 3 aromatic rings. The number of halogens is 2. The van der Waals surface area contributed by atoms with Crippen LogP contribution in [-0.4, -0.2) is 57.5 Å². The van der Waals surface area contributed by atoms with Gasteiger partial charge in [0.15, 0.2) is 0 Å². The fourth-order valence-electron chi connectivity index (χ4n) is 3.68. The van der Waals surface area contributed by atoms with Crippen molar-refractivity contribution in [1.29, 1.82) is 0 Å². The van der Waals surface area contributed by atoms with Crippen molar-refractivity contribution < 1.29 is 19.7 Å². The van der Waals surface area contributed by atoms with Crippen molar-refractivity contribution in [2.45, 2.75) is 25.9 Å². The van der Waals surface area contributed by atoms with Crippen molar-refractivity contribution in [2.75, 3.05) is 29.7 Å². The Morgan fingerprint density at radius 2 is 1.85 bits per heavy atom. The number of imidazole rings is 1. The van der Waals surface area contributed by atoms with Gasteiger partial charge in [0.05, 0.1) is 17.6 Å². The molecular formula is C23H29BCl2N4O4. The number of nitrogens with one attached hydrogen (secondary N) is 1. The topological polar surface area (TPSA) is 99.9 Å². The lowest BCUT2D eigenvalue weighted by atomic mass is 9.80. The van der Waals surface area contributed by atoms with E-state index in [0.29, 0.717) is 49.6 Å². The third-order valence-electron chi connectivity index (χ3n) is 5.54. The van der Waals surface area contributed by atoms with E-state index in [4.69, 9.17) is 43.1 Å². The summed E-state index contributed by atoms with van der Waals surface area (Å²) in [5.74, 6) is 1.75. The van der Waals surface area contributed by atoms with Gasteiger partial charge in [-0.05, 0) is 35.6 Å². The molecule has 0 radical (unpaired) electrons. The van der Waals surface area contributed by atoms with Gasteiger partial charge in [-0.3, -0.25) is 9.63 Å². The number of fused-ring (bicyclic) bond motifs is 1. The zero-order chi connectivity index (χ0) is 24.5. The first-order chi connectivity index (χ1) is 16.4. The lowest BCUT2D eigenvalue weighted by molar-refractivity contribution is -0.134. The molecule has 182 valence electrons. The molecule has 0 saturated heterocycles. The first kappa shape index (κ1) is 26.3. The van der Waals surface area contributed by atoms with Gasteiger partial charge in [0.2, 0.25) is 5.91 Å². The molecule has 1 amide bonds. The lowest BCUT2D eigenvalue weighted by Crippen LogP contribution is -2.29. The first-order valence-corrected chi connectivity index (χ1v) is 12.2. The molecule has 0 bridgehead atoms. The second-order valence-corrected chi connectivity index (χ2v) is 8.66. The molecule has 1 heterocycles. The minimum atomic E-state index is -1.51. The fraction of sp³-hybridized carbons (Fsp3) is 0.391. The molecular weight excluding hydrogens is 478 g/mol. The van der Waals surface area contributed by atoms with Crippen LogP contribution in [0.1, 0.15) is 24.2 Å². The molecule has 2 aromatic carbocycles. The summed E-state index contributed by atoms with van der Waals surface area (Å²) in [6.07, 6.45) is 1.60. The van der Waals surface area contributed by atoms with Gasteiger partial charge in [-0.1, -0.05) is 24.3 Å². The summed E-state index contributed by atoms with van der Waals surface area (Å²) in [6.45, 7) is 1.62. The number of hydrogen-bond acceptors (Lipinski definition) is 6. The Morgan fingerprint density at radius 1 is 1.15 bits per heavy atom. The SMILES string of the molecule is Cn1c(CCCC(=O)NOCc2ccc(B(O)O)cc2)nc2cc(N(CCCl)CCCl)ccc21. The van der Waals surface area contributed by atoms with Crippen molar-refractivity contribution in [3.8, 4) is 0 Å². The molecule has 0 atom stereocenters. The Balaban J connectivity index is 1.48. The number of nitrogens with zero attached hydrogens (tertiary/aromatic N) is 3. The Hall–Kier alpha value is -2.30. The van der Waals surface area contributed by atoms with Gasteiger partial charge in [-0.15, -0.1) is 23.2 Å². The van der Waals surface area contributed by atoms with Gasteiger partial charge in [0.1, 0.15) is 5.82 Å². The summed E-state index contributed by atoms with van der Waals surface area (Å²) in [7, 11) is 0.471. The van der Waals surface area contributed by atoms with Crippen LogP contribution >= 0.6 is 23.2 Å². The zero-order valence-corrected chi connectivity index (χ0v) is 20.6. The minimum absolute atomic E-state index is 0.186. The number of anilines is 1. The highest BCUT2D eigenvalue weighted by atomic mass is 35.5. The summed E-state index contributed by atoms with van der Waals surface area (Å²) in [5, 5.41) is 18.2. The standard InChI is InChI=1S/C23H29BCl2N4O4/c1-29-21-10-9-19(30(13-11-25)14-12-26)15-20(21)27-22(29)3-2-4-23(31)28-34-16-17-5-7-18(8-6-17)24(32)33/h5-10,15,32-33H,2-4,11-14,16H2,1H3,(H,28,31). The van der Waals surface area contributed by atoms with Crippen LogP contribution in [0.15, 0.2) is 42.5 Å². The Bertz CT molecular complexity index is 1070. The van der Waals surface area contributed by atoms with E-state index in [1.165, 1.54) is 0 Å². The molecule has 0 saturated carbocycles. The smallest absolute Gasteiger partial charge is 0.423 e. The van der Waals surface area contributed by atoms with Crippen molar-refractivity contribution in [2.24, 2.45) is 7.05 Å². The van der Waals surface area contributed by atoms with Gasteiger partial charge < -0.3 is 19.5 Å². The number of benzene rings is 2. The number of amides is 1. The maximum Gasteiger partial charge on any atom is 0.488 e. The van der Waals surface area contributed by atoms with Crippen LogP contribution in [0, 0.1) is 0 Å². The molecule has 3 rings (SSSR count). The number of alkyl halides is 2. The number of aryl methyl sites for hydroxylation is 2. The number of hydrogen-bond donors (Lipinski definition) is 3. The van der Waals surface area contributed by atoms with Crippen LogP contribution in [-0.2, 0) is 29.7 Å². The first-order valence-electron chi connectivity index (χ1n) is 11.1. The predicted molar refractivity (Wildman–Crippen MR) is 137 cm³/mol. The van der Waals surface area contributed by atoms with Crippen LogP contribution < -0.4 is 15.8 Å². The van der Waals surface area contributed by atoms with Crippen molar-refractivity contribution in [1.82, 2.24) is 15.0 Å². The van der Waals surface area contributed by atoms with Crippen LogP contribution in [0.25, 0.3) is 11.0 Å². The lowest BCUT2D eigenvalue weighted by Gasteiger charge is -2.22. The van der Waals surface area contributed by atoms with E-state index in [2.05, 4.69) is 16.4 Å². The van der Waals surface area contributed by atoms with Gasteiger partial charge in [0.25, 0.3) is 0 Å². The molecule has 3 N–H and O–H groups in total. The molecule has 8 nitrogen and oxygen atoms in total. The van der Waals surface area contributed by atoms with E-state index in [9.17, 15) is 4.79 Å². The van der Waals surface area contributed by atoms with Gasteiger partial charge >= 0.3 is 7.12 Å². The Morgan fingerprint density at radius 3 is 2.50 bits per heavy atom. The molecule has 0 aliphatic heterocycles. The monoisotopic (exact) mass is 506 g/mol. The van der Waals surface area contributed by atoms with Gasteiger partial charge in [-0.25, -0.2) is 10.5 Å².